The molecule has 7 heteroatoms. The van der Waals surface area contributed by atoms with E-state index in [1.165, 1.54) is 11.9 Å². The van der Waals surface area contributed by atoms with Crippen LogP contribution in [0.5, 0.6) is 11.5 Å². The molecular formula is C21H25N5O2. The molecule has 0 aliphatic rings. The van der Waals surface area contributed by atoms with E-state index in [0.717, 1.165) is 11.4 Å². The Labute approximate surface area is 164 Å². The Morgan fingerprint density at radius 2 is 1.57 bits per heavy atom. The van der Waals surface area contributed by atoms with Crippen molar-refractivity contribution in [3.8, 4) is 11.5 Å². The van der Waals surface area contributed by atoms with Gasteiger partial charge < -0.3 is 25.8 Å². The highest BCUT2D eigenvalue weighted by Crippen LogP contribution is 2.34. The number of anilines is 5. The van der Waals surface area contributed by atoms with Gasteiger partial charge in [0.1, 0.15) is 23.5 Å². The van der Waals surface area contributed by atoms with E-state index in [1.54, 1.807) is 20.3 Å². The average Bonchev–Trinajstić information content (AvgIpc) is 2.71. The Hall–Kier alpha value is -3.48. The normalized spacial score (nSPS) is 10.6. The van der Waals surface area contributed by atoms with Crippen molar-refractivity contribution in [3.63, 3.8) is 0 Å². The summed E-state index contributed by atoms with van der Waals surface area (Å²) in [5.41, 5.74) is 9.60. The Bertz CT molecular complexity index is 942. The molecule has 4 N–H and O–H groups in total. The summed E-state index contributed by atoms with van der Waals surface area (Å²) in [7, 11) is 3.20. The maximum Gasteiger partial charge on any atom is 0.159 e. The Morgan fingerprint density at radius 3 is 2.18 bits per heavy atom. The molecule has 0 fully saturated rings. The minimum atomic E-state index is 0.410. The monoisotopic (exact) mass is 379 g/mol. The van der Waals surface area contributed by atoms with Gasteiger partial charge in [0.25, 0.3) is 0 Å². The lowest BCUT2D eigenvalue weighted by Crippen LogP contribution is -2.06. The number of nitrogen functional groups attached to an aromatic ring is 1. The molecule has 0 bridgehead atoms. The van der Waals surface area contributed by atoms with Gasteiger partial charge in [-0.3, -0.25) is 0 Å². The Morgan fingerprint density at radius 1 is 0.893 bits per heavy atom. The molecular weight excluding hydrogens is 354 g/mol. The molecule has 1 aromatic heterocycles. The second kappa shape index (κ2) is 8.47. The molecule has 0 amide bonds. The summed E-state index contributed by atoms with van der Waals surface area (Å²) in [4.78, 5) is 8.52. The number of aromatic nitrogens is 2. The van der Waals surface area contributed by atoms with Crippen LogP contribution >= 0.6 is 0 Å². The molecule has 0 spiro atoms. The van der Waals surface area contributed by atoms with Gasteiger partial charge in [0, 0.05) is 11.8 Å². The van der Waals surface area contributed by atoms with Crippen molar-refractivity contribution in [1.29, 1.82) is 0 Å². The number of benzene rings is 2. The quantitative estimate of drug-likeness (QED) is 0.548. The van der Waals surface area contributed by atoms with Gasteiger partial charge in [0.2, 0.25) is 0 Å². The van der Waals surface area contributed by atoms with Gasteiger partial charge in [-0.25, -0.2) is 9.97 Å². The van der Waals surface area contributed by atoms with Crippen LogP contribution in [0, 0.1) is 0 Å². The number of ether oxygens (including phenoxy) is 2. The number of nitrogens with zero attached hydrogens (tertiary/aromatic N) is 2. The van der Waals surface area contributed by atoms with E-state index >= 15 is 0 Å². The van der Waals surface area contributed by atoms with Crippen molar-refractivity contribution in [2.75, 3.05) is 30.6 Å². The van der Waals surface area contributed by atoms with Crippen molar-refractivity contribution in [3.05, 3.63) is 54.4 Å². The number of rotatable bonds is 7. The number of hydrogen-bond acceptors (Lipinski definition) is 7. The summed E-state index contributed by atoms with van der Waals surface area (Å²) < 4.78 is 10.6. The van der Waals surface area contributed by atoms with E-state index in [9.17, 15) is 0 Å². The summed E-state index contributed by atoms with van der Waals surface area (Å²) in [5.74, 6) is 2.82. The topological polar surface area (TPSA) is 94.3 Å². The first-order valence-corrected chi connectivity index (χ1v) is 8.98. The average molecular weight is 379 g/mol. The zero-order chi connectivity index (χ0) is 20.1. The van der Waals surface area contributed by atoms with Crippen LogP contribution in [-0.4, -0.2) is 24.2 Å². The van der Waals surface area contributed by atoms with Crippen molar-refractivity contribution < 1.29 is 9.47 Å². The number of nitrogens with two attached hydrogens (primary N) is 1. The van der Waals surface area contributed by atoms with Gasteiger partial charge in [0.05, 0.1) is 19.9 Å². The highest BCUT2D eigenvalue weighted by atomic mass is 16.5. The zero-order valence-electron chi connectivity index (χ0n) is 16.5. The van der Waals surface area contributed by atoms with Crippen molar-refractivity contribution in [2.24, 2.45) is 0 Å². The molecule has 3 rings (SSSR count). The first-order chi connectivity index (χ1) is 13.5. The summed E-state index contributed by atoms with van der Waals surface area (Å²) in [6.07, 6.45) is 1.46. The summed E-state index contributed by atoms with van der Waals surface area (Å²) in [6, 6.07) is 13.7. The van der Waals surface area contributed by atoms with Gasteiger partial charge in [-0.05, 0) is 35.7 Å². The van der Waals surface area contributed by atoms with Crippen molar-refractivity contribution in [2.45, 2.75) is 19.8 Å². The molecule has 3 aromatic rings. The second-order valence-corrected chi connectivity index (χ2v) is 6.58. The molecule has 0 aliphatic carbocycles. The summed E-state index contributed by atoms with van der Waals surface area (Å²) in [5, 5.41) is 6.44. The zero-order valence-corrected chi connectivity index (χ0v) is 16.5. The molecule has 0 saturated heterocycles. The van der Waals surface area contributed by atoms with Crippen LogP contribution in [0.4, 0.5) is 28.7 Å². The van der Waals surface area contributed by atoms with E-state index in [1.807, 2.05) is 24.3 Å². The molecule has 0 saturated carbocycles. The third-order valence-electron chi connectivity index (χ3n) is 4.39. The van der Waals surface area contributed by atoms with Crippen LogP contribution in [0.15, 0.2) is 48.8 Å². The van der Waals surface area contributed by atoms with Gasteiger partial charge in [-0.15, -0.1) is 0 Å². The van der Waals surface area contributed by atoms with Crippen molar-refractivity contribution in [1.82, 2.24) is 9.97 Å². The molecule has 0 aliphatic heterocycles. The minimum absolute atomic E-state index is 0.410. The first kappa shape index (κ1) is 19.3. The third-order valence-corrected chi connectivity index (χ3v) is 4.39. The SMILES string of the molecule is COc1ccc(Nc2ncnc(Nc3ccc(C(C)C)cc3)c2N)c(OC)c1. The molecule has 146 valence electrons. The fraction of sp³-hybridized carbons (Fsp3) is 0.238. The highest BCUT2D eigenvalue weighted by molar-refractivity contribution is 5.81. The van der Waals surface area contributed by atoms with E-state index in [0.29, 0.717) is 34.7 Å². The smallest absolute Gasteiger partial charge is 0.159 e. The molecule has 28 heavy (non-hydrogen) atoms. The van der Waals surface area contributed by atoms with Gasteiger partial charge in [-0.1, -0.05) is 26.0 Å². The lowest BCUT2D eigenvalue weighted by atomic mass is 10.0. The van der Waals surface area contributed by atoms with Gasteiger partial charge >= 0.3 is 0 Å². The minimum Gasteiger partial charge on any atom is -0.497 e. The predicted molar refractivity (Wildman–Crippen MR) is 113 cm³/mol. The first-order valence-electron chi connectivity index (χ1n) is 8.98. The lowest BCUT2D eigenvalue weighted by Gasteiger charge is -2.15. The standard InChI is InChI=1S/C21H25N5O2/c1-13(2)14-5-7-15(8-6-14)25-20-19(22)21(24-12-23-20)26-17-10-9-16(27-3)11-18(17)28-4/h5-13H,22H2,1-4H3,(H2,23,24,25,26). The fourth-order valence-corrected chi connectivity index (χ4v) is 2.71. The third kappa shape index (κ3) is 4.25. The van der Waals surface area contributed by atoms with Crippen LogP contribution in [0.3, 0.4) is 0 Å². The molecule has 2 aromatic carbocycles. The maximum absolute atomic E-state index is 6.29. The predicted octanol–water partition coefficient (Wildman–Crippen LogP) is 4.69. The molecule has 0 atom stereocenters. The van der Waals surface area contributed by atoms with Crippen molar-refractivity contribution >= 4 is 28.7 Å². The van der Waals surface area contributed by atoms with Crippen LogP contribution in [0.1, 0.15) is 25.3 Å². The van der Waals surface area contributed by atoms with Crippen LogP contribution in [-0.2, 0) is 0 Å². The van der Waals surface area contributed by atoms with Crippen LogP contribution < -0.4 is 25.8 Å². The molecule has 0 radical (unpaired) electrons. The summed E-state index contributed by atoms with van der Waals surface area (Å²) in [6.45, 7) is 4.33. The van der Waals surface area contributed by atoms with E-state index in [2.05, 4.69) is 46.6 Å². The maximum atomic E-state index is 6.29. The Balaban J connectivity index is 1.83. The van der Waals surface area contributed by atoms with E-state index in [-0.39, 0.29) is 0 Å². The fourth-order valence-electron chi connectivity index (χ4n) is 2.71. The van der Waals surface area contributed by atoms with Crippen LogP contribution in [0.25, 0.3) is 0 Å². The van der Waals surface area contributed by atoms with Gasteiger partial charge in [-0.2, -0.15) is 0 Å². The number of hydrogen-bond donors (Lipinski definition) is 3. The van der Waals surface area contributed by atoms with E-state index < -0.39 is 0 Å². The summed E-state index contributed by atoms with van der Waals surface area (Å²) >= 11 is 0. The molecule has 0 unspecified atom stereocenters. The van der Waals surface area contributed by atoms with Crippen LogP contribution in [0.2, 0.25) is 0 Å². The number of nitrogens with one attached hydrogen (secondary N) is 2. The van der Waals surface area contributed by atoms with Gasteiger partial charge in [0.15, 0.2) is 11.6 Å². The second-order valence-electron chi connectivity index (χ2n) is 6.58. The largest absolute Gasteiger partial charge is 0.497 e. The van der Waals surface area contributed by atoms with E-state index in [4.69, 9.17) is 15.2 Å². The lowest BCUT2D eigenvalue weighted by molar-refractivity contribution is 0.395. The molecule has 1 heterocycles. The highest BCUT2D eigenvalue weighted by Gasteiger charge is 2.12. The Kier molecular flexibility index (Phi) is 5.84. The molecule has 7 nitrogen and oxygen atoms in total. The number of methoxy groups -OCH3 is 2.